The normalized spacial score (nSPS) is 19.8. The summed E-state index contributed by atoms with van der Waals surface area (Å²) >= 11 is 0. The van der Waals surface area contributed by atoms with Crippen molar-refractivity contribution < 1.29 is 8.91 Å². The van der Waals surface area contributed by atoms with Gasteiger partial charge in [-0.05, 0) is 37.1 Å². The number of piperidine rings is 1. The van der Waals surface area contributed by atoms with E-state index in [4.69, 9.17) is 4.52 Å². The van der Waals surface area contributed by atoms with E-state index in [1.54, 1.807) is 12.1 Å². The topological polar surface area (TPSA) is 42.2 Å². The number of rotatable bonds is 4. The van der Waals surface area contributed by atoms with Crippen LogP contribution in [0.4, 0.5) is 4.39 Å². The van der Waals surface area contributed by atoms with Crippen LogP contribution in [0.3, 0.4) is 0 Å². The zero-order valence-electron chi connectivity index (χ0n) is 12.3. The number of hydrogen-bond acceptors (Lipinski definition) is 4. The van der Waals surface area contributed by atoms with Crippen LogP contribution < -0.4 is 0 Å². The van der Waals surface area contributed by atoms with Gasteiger partial charge >= 0.3 is 0 Å². The molecular formula is C16H20FN3O. The average molecular weight is 289 g/mol. The minimum atomic E-state index is -0.188. The third-order valence-electron chi connectivity index (χ3n) is 3.97. The molecule has 21 heavy (non-hydrogen) atoms. The Morgan fingerprint density at radius 3 is 3.05 bits per heavy atom. The Labute approximate surface area is 124 Å². The number of likely N-dealkylation sites (tertiary alicyclic amines) is 1. The number of aromatic nitrogens is 2. The number of aryl methyl sites for hydroxylation is 1. The third kappa shape index (κ3) is 3.29. The first-order valence-electron chi connectivity index (χ1n) is 7.57. The van der Waals surface area contributed by atoms with Crippen LogP contribution in [0, 0.1) is 5.82 Å². The van der Waals surface area contributed by atoms with E-state index >= 15 is 0 Å². The molecule has 1 fully saturated rings. The van der Waals surface area contributed by atoms with Gasteiger partial charge in [0, 0.05) is 13.0 Å². The van der Waals surface area contributed by atoms with Crippen molar-refractivity contribution in [2.45, 2.75) is 45.2 Å². The van der Waals surface area contributed by atoms with Crippen LogP contribution in [0.15, 0.2) is 28.8 Å². The zero-order chi connectivity index (χ0) is 14.7. The largest absolute Gasteiger partial charge is 0.338 e. The molecule has 112 valence electrons. The molecule has 0 saturated carbocycles. The molecule has 1 aromatic heterocycles. The molecule has 2 heterocycles. The van der Waals surface area contributed by atoms with Gasteiger partial charge in [-0.25, -0.2) is 4.39 Å². The van der Waals surface area contributed by atoms with E-state index < -0.39 is 0 Å². The highest BCUT2D eigenvalue weighted by molar-refractivity contribution is 5.16. The molecule has 4 nitrogen and oxygen atoms in total. The van der Waals surface area contributed by atoms with E-state index in [2.05, 4.69) is 15.0 Å². The maximum atomic E-state index is 13.3. The molecule has 0 unspecified atom stereocenters. The summed E-state index contributed by atoms with van der Waals surface area (Å²) in [5.74, 6) is 1.26. The van der Waals surface area contributed by atoms with E-state index in [-0.39, 0.29) is 11.9 Å². The fourth-order valence-corrected chi connectivity index (χ4v) is 2.88. The van der Waals surface area contributed by atoms with Gasteiger partial charge in [0.15, 0.2) is 5.82 Å². The van der Waals surface area contributed by atoms with E-state index in [9.17, 15) is 4.39 Å². The highest BCUT2D eigenvalue weighted by atomic mass is 19.1. The molecule has 1 aliphatic rings. The number of halogens is 1. The van der Waals surface area contributed by atoms with Gasteiger partial charge in [0.1, 0.15) is 5.82 Å². The predicted octanol–water partition coefficient (Wildman–Crippen LogP) is 3.50. The molecule has 1 aromatic carbocycles. The summed E-state index contributed by atoms with van der Waals surface area (Å²) in [7, 11) is 0. The molecule has 1 aliphatic heterocycles. The van der Waals surface area contributed by atoms with Crippen molar-refractivity contribution in [3.63, 3.8) is 0 Å². The van der Waals surface area contributed by atoms with Crippen LogP contribution >= 0.6 is 0 Å². The molecule has 0 amide bonds. The lowest BCUT2D eigenvalue weighted by atomic mass is 10.0. The van der Waals surface area contributed by atoms with Gasteiger partial charge in [0.05, 0.1) is 6.04 Å². The fraction of sp³-hybridized carbons (Fsp3) is 0.500. The van der Waals surface area contributed by atoms with Crippen molar-refractivity contribution in [1.82, 2.24) is 15.0 Å². The Bertz CT molecular complexity index is 599. The van der Waals surface area contributed by atoms with Gasteiger partial charge in [-0.1, -0.05) is 30.6 Å². The predicted molar refractivity (Wildman–Crippen MR) is 77.1 cm³/mol. The summed E-state index contributed by atoms with van der Waals surface area (Å²) < 4.78 is 18.7. The highest BCUT2D eigenvalue weighted by Crippen LogP contribution is 2.31. The fourth-order valence-electron chi connectivity index (χ4n) is 2.88. The van der Waals surface area contributed by atoms with Crippen LogP contribution in [-0.2, 0) is 13.0 Å². The average Bonchev–Trinajstić information content (AvgIpc) is 2.97. The summed E-state index contributed by atoms with van der Waals surface area (Å²) in [6, 6.07) is 6.93. The standard InChI is InChI=1S/C16H20FN3O/c1-2-15-18-16(21-19-15)14-8-3-4-9-20(14)11-12-6-5-7-13(17)10-12/h5-7,10,14H,2-4,8-9,11H2,1H3/t14-/m1/s1. The molecular weight excluding hydrogens is 269 g/mol. The minimum absolute atomic E-state index is 0.148. The Hall–Kier alpha value is -1.75. The number of nitrogens with zero attached hydrogens (tertiary/aromatic N) is 3. The van der Waals surface area contributed by atoms with Crippen LogP contribution in [0.5, 0.6) is 0 Å². The van der Waals surface area contributed by atoms with Gasteiger partial charge < -0.3 is 4.52 Å². The van der Waals surface area contributed by atoms with Crippen LogP contribution in [-0.4, -0.2) is 21.6 Å². The van der Waals surface area contributed by atoms with E-state index in [1.165, 1.54) is 6.07 Å². The number of benzene rings is 1. The molecule has 1 saturated heterocycles. The Kier molecular flexibility index (Phi) is 4.29. The maximum Gasteiger partial charge on any atom is 0.244 e. The van der Waals surface area contributed by atoms with E-state index in [0.29, 0.717) is 12.4 Å². The summed E-state index contributed by atoms with van der Waals surface area (Å²) in [6.07, 6.45) is 4.11. The van der Waals surface area contributed by atoms with Crippen molar-refractivity contribution in [2.75, 3.05) is 6.54 Å². The lowest BCUT2D eigenvalue weighted by Crippen LogP contribution is -2.33. The second kappa shape index (κ2) is 6.35. The van der Waals surface area contributed by atoms with Gasteiger partial charge in [-0.15, -0.1) is 0 Å². The van der Waals surface area contributed by atoms with Gasteiger partial charge in [-0.2, -0.15) is 4.98 Å². The molecule has 1 atom stereocenters. The van der Waals surface area contributed by atoms with Gasteiger partial charge in [0.2, 0.25) is 5.89 Å². The molecule has 0 N–H and O–H groups in total. The highest BCUT2D eigenvalue weighted by Gasteiger charge is 2.28. The lowest BCUT2D eigenvalue weighted by molar-refractivity contribution is 0.111. The SMILES string of the molecule is CCc1noc([C@H]2CCCCN2Cc2cccc(F)c2)n1. The smallest absolute Gasteiger partial charge is 0.244 e. The molecule has 0 spiro atoms. The lowest BCUT2D eigenvalue weighted by Gasteiger charge is -2.33. The van der Waals surface area contributed by atoms with Crippen LogP contribution in [0.1, 0.15) is 49.5 Å². The zero-order valence-corrected chi connectivity index (χ0v) is 12.3. The molecule has 0 radical (unpaired) electrons. The Morgan fingerprint density at radius 1 is 1.38 bits per heavy atom. The van der Waals surface area contributed by atoms with E-state index in [1.807, 2.05) is 13.0 Å². The Morgan fingerprint density at radius 2 is 2.29 bits per heavy atom. The van der Waals surface area contributed by atoms with Gasteiger partial charge in [0.25, 0.3) is 0 Å². The first kappa shape index (κ1) is 14.2. The van der Waals surface area contributed by atoms with Crippen molar-refractivity contribution >= 4 is 0 Å². The molecule has 0 aliphatic carbocycles. The first-order chi connectivity index (χ1) is 10.3. The minimum Gasteiger partial charge on any atom is -0.338 e. The molecule has 5 heteroatoms. The monoisotopic (exact) mass is 289 g/mol. The van der Waals surface area contributed by atoms with Crippen LogP contribution in [0.2, 0.25) is 0 Å². The second-order valence-corrected chi connectivity index (χ2v) is 5.51. The van der Waals surface area contributed by atoms with Crippen molar-refractivity contribution in [3.8, 4) is 0 Å². The van der Waals surface area contributed by atoms with E-state index in [0.717, 1.165) is 43.6 Å². The van der Waals surface area contributed by atoms with Crippen molar-refractivity contribution in [1.29, 1.82) is 0 Å². The number of hydrogen-bond donors (Lipinski definition) is 0. The van der Waals surface area contributed by atoms with Crippen molar-refractivity contribution in [2.24, 2.45) is 0 Å². The molecule has 0 bridgehead atoms. The quantitative estimate of drug-likeness (QED) is 0.864. The summed E-state index contributed by atoms with van der Waals surface area (Å²) in [5.41, 5.74) is 0.983. The Balaban J connectivity index is 1.78. The van der Waals surface area contributed by atoms with Crippen LogP contribution in [0.25, 0.3) is 0 Å². The summed E-state index contributed by atoms with van der Waals surface area (Å²) in [4.78, 5) is 6.78. The molecule has 2 aromatic rings. The first-order valence-corrected chi connectivity index (χ1v) is 7.57. The summed E-state index contributed by atoms with van der Waals surface area (Å²) in [5, 5.41) is 3.99. The van der Waals surface area contributed by atoms with Gasteiger partial charge in [-0.3, -0.25) is 4.90 Å². The second-order valence-electron chi connectivity index (χ2n) is 5.51. The summed E-state index contributed by atoms with van der Waals surface area (Å²) in [6.45, 7) is 3.71. The molecule has 3 rings (SSSR count). The maximum absolute atomic E-state index is 13.3. The van der Waals surface area contributed by atoms with Crippen molar-refractivity contribution in [3.05, 3.63) is 47.4 Å². The third-order valence-corrected chi connectivity index (χ3v) is 3.97.